The monoisotopic (exact) mass is 276 g/mol. The third-order valence-corrected chi connectivity index (χ3v) is 3.30. The van der Waals surface area contributed by atoms with Gasteiger partial charge >= 0.3 is 0 Å². The highest BCUT2D eigenvalue weighted by Crippen LogP contribution is 2.09. The maximum atomic E-state index is 12.4. The molecule has 0 N–H and O–H groups in total. The molecule has 20 heavy (non-hydrogen) atoms. The van der Waals surface area contributed by atoms with Crippen LogP contribution in [0.15, 0.2) is 24.3 Å². The van der Waals surface area contributed by atoms with E-state index in [4.69, 9.17) is 0 Å². The first-order valence-corrected chi connectivity index (χ1v) is 7.36. The lowest BCUT2D eigenvalue weighted by Crippen LogP contribution is -2.38. The third kappa shape index (κ3) is 5.85. The van der Waals surface area contributed by atoms with Crippen LogP contribution < -0.4 is 0 Å². The molecule has 1 aromatic rings. The van der Waals surface area contributed by atoms with Crippen molar-refractivity contribution in [1.82, 2.24) is 9.80 Å². The van der Waals surface area contributed by atoms with Gasteiger partial charge in [0.2, 0.25) is 0 Å². The number of ketones is 1. The summed E-state index contributed by atoms with van der Waals surface area (Å²) < 4.78 is 0. The Morgan fingerprint density at radius 3 is 2.35 bits per heavy atom. The summed E-state index contributed by atoms with van der Waals surface area (Å²) in [7, 11) is 4.13. The summed E-state index contributed by atoms with van der Waals surface area (Å²) >= 11 is 0. The van der Waals surface area contributed by atoms with Crippen molar-refractivity contribution < 1.29 is 4.79 Å². The maximum Gasteiger partial charge on any atom is 0.177 e. The molecule has 0 unspecified atom stereocenters. The van der Waals surface area contributed by atoms with Gasteiger partial charge in [0.05, 0.1) is 6.54 Å². The summed E-state index contributed by atoms with van der Waals surface area (Å²) in [4.78, 5) is 16.9. The second kappa shape index (κ2) is 8.18. The SMILES string of the molecule is Cc1ccccc1C(=O)CN(CCN(C)C)CC(C)C. The van der Waals surface area contributed by atoms with E-state index < -0.39 is 0 Å². The number of nitrogens with zero attached hydrogens (tertiary/aromatic N) is 2. The fourth-order valence-corrected chi connectivity index (χ4v) is 2.27. The Hall–Kier alpha value is -1.19. The van der Waals surface area contributed by atoms with Gasteiger partial charge in [-0.1, -0.05) is 38.1 Å². The fraction of sp³-hybridized carbons (Fsp3) is 0.588. The zero-order chi connectivity index (χ0) is 15.1. The molecule has 3 nitrogen and oxygen atoms in total. The van der Waals surface area contributed by atoms with Gasteiger partial charge in [0, 0.05) is 25.2 Å². The van der Waals surface area contributed by atoms with Crippen LogP contribution in [0, 0.1) is 12.8 Å². The Bertz CT molecular complexity index is 427. The van der Waals surface area contributed by atoms with Crippen LogP contribution in [0.25, 0.3) is 0 Å². The Balaban J connectivity index is 2.68. The highest BCUT2D eigenvalue weighted by molar-refractivity contribution is 5.98. The molecule has 0 fully saturated rings. The van der Waals surface area contributed by atoms with Crippen molar-refractivity contribution in [2.24, 2.45) is 5.92 Å². The predicted octanol–water partition coefficient (Wildman–Crippen LogP) is 2.70. The molecule has 0 amide bonds. The molecule has 0 saturated heterocycles. The number of Topliss-reactive ketones (excluding diaryl/α,β-unsaturated/α-hetero) is 1. The lowest BCUT2D eigenvalue weighted by atomic mass is 10.0. The van der Waals surface area contributed by atoms with Crippen LogP contribution in [0.2, 0.25) is 0 Å². The minimum Gasteiger partial charge on any atom is -0.308 e. The predicted molar refractivity (Wildman–Crippen MR) is 85.3 cm³/mol. The molecular weight excluding hydrogens is 248 g/mol. The quantitative estimate of drug-likeness (QED) is 0.682. The minimum atomic E-state index is 0.225. The number of benzene rings is 1. The summed E-state index contributed by atoms with van der Waals surface area (Å²) in [5.74, 6) is 0.796. The molecule has 0 spiro atoms. The van der Waals surface area contributed by atoms with E-state index in [9.17, 15) is 4.79 Å². The van der Waals surface area contributed by atoms with E-state index in [-0.39, 0.29) is 5.78 Å². The molecule has 1 aromatic carbocycles. The summed E-state index contributed by atoms with van der Waals surface area (Å²) in [6.45, 7) is 9.78. The van der Waals surface area contributed by atoms with Gasteiger partial charge in [0.25, 0.3) is 0 Å². The van der Waals surface area contributed by atoms with Gasteiger partial charge < -0.3 is 4.90 Å². The molecule has 112 valence electrons. The molecule has 0 saturated carbocycles. The van der Waals surface area contributed by atoms with Crippen molar-refractivity contribution >= 4 is 5.78 Å². The summed E-state index contributed by atoms with van der Waals surface area (Å²) in [6, 6.07) is 7.84. The minimum absolute atomic E-state index is 0.225. The maximum absolute atomic E-state index is 12.4. The highest BCUT2D eigenvalue weighted by Gasteiger charge is 2.15. The van der Waals surface area contributed by atoms with Gasteiger partial charge in [-0.25, -0.2) is 0 Å². The Morgan fingerprint density at radius 2 is 1.80 bits per heavy atom. The van der Waals surface area contributed by atoms with Gasteiger partial charge in [-0.05, 0) is 32.5 Å². The van der Waals surface area contributed by atoms with E-state index in [1.807, 2.05) is 31.2 Å². The van der Waals surface area contributed by atoms with Gasteiger partial charge in [-0.3, -0.25) is 9.69 Å². The molecule has 0 aromatic heterocycles. The average Bonchev–Trinajstić information content (AvgIpc) is 2.35. The molecule has 0 aliphatic carbocycles. The molecule has 1 rings (SSSR count). The van der Waals surface area contributed by atoms with E-state index in [0.717, 1.165) is 30.8 Å². The third-order valence-electron chi connectivity index (χ3n) is 3.30. The average molecular weight is 276 g/mol. The second-order valence-corrected chi connectivity index (χ2v) is 6.17. The first-order valence-electron chi connectivity index (χ1n) is 7.36. The van der Waals surface area contributed by atoms with Crippen molar-refractivity contribution in [1.29, 1.82) is 0 Å². The largest absolute Gasteiger partial charge is 0.308 e. The van der Waals surface area contributed by atoms with Crippen LogP contribution in [-0.4, -0.2) is 55.9 Å². The van der Waals surface area contributed by atoms with E-state index in [1.54, 1.807) is 0 Å². The van der Waals surface area contributed by atoms with E-state index in [1.165, 1.54) is 0 Å². The molecule has 0 aliphatic heterocycles. The number of hydrogen-bond acceptors (Lipinski definition) is 3. The summed E-state index contributed by atoms with van der Waals surface area (Å²) in [6.07, 6.45) is 0. The molecular formula is C17H28N2O. The van der Waals surface area contributed by atoms with Crippen molar-refractivity contribution in [2.45, 2.75) is 20.8 Å². The van der Waals surface area contributed by atoms with Crippen LogP contribution in [0.3, 0.4) is 0 Å². The van der Waals surface area contributed by atoms with Gasteiger partial charge in [-0.2, -0.15) is 0 Å². The summed E-state index contributed by atoms with van der Waals surface area (Å²) in [5.41, 5.74) is 1.92. The molecule has 0 radical (unpaired) electrons. The molecule has 0 bridgehead atoms. The van der Waals surface area contributed by atoms with Gasteiger partial charge in [0.1, 0.15) is 0 Å². The standard InChI is InChI=1S/C17H28N2O/c1-14(2)12-19(11-10-18(4)5)13-17(20)16-9-7-6-8-15(16)3/h6-9,14H,10-13H2,1-5H3. The Kier molecular flexibility index (Phi) is 6.89. The lowest BCUT2D eigenvalue weighted by molar-refractivity contribution is 0.0915. The molecule has 0 atom stereocenters. The lowest BCUT2D eigenvalue weighted by Gasteiger charge is -2.25. The second-order valence-electron chi connectivity index (χ2n) is 6.17. The molecule has 0 aliphatic rings. The van der Waals surface area contributed by atoms with Crippen molar-refractivity contribution in [2.75, 3.05) is 40.3 Å². The van der Waals surface area contributed by atoms with Crippen LogP contribution in [-0.2, 0) is 0 Å². The van der Waals surface area contributed by atoms with E-state index >= 15 is 0 Å². The first kappa shape index (κ1) is 16.9. The number of carbonyl (C=O) groups is 1. The molecule has 0 heterocycles. The zero-order valence-electron chi connectivity index (χ0n) is 13.5. The topological polar surface area (TPSA) is 23.6 Å². The highest BCUT2D eigenvalue weighted by atomic mass is 16.1. The van der Waals surface area contributed by atoms with Crippen LogP contribution in [0.5, 0.6) is 0 Å². The number of hydrogen-bond donors (Lipinski definition) is 0. The van der Waals surface area contributed by atoms with E-state index in [0.29, 0.717) is 12.5 Å². The van der Waals surface area contributed by atoms with Gasteiger partial charge in [-0.15, -0.1) is 0 Å². The smallest absolute Gasteiger partial charge is 0.177 e. The number of rotatable bonds is 8. The Morgan fingerprint density at radius 1 is 1.15 bits per heavy atom. The first-order chi connectivity index (χ1) is 9.40. The van der Waals surface area contributed by atoms with Gasteiger partial charge in [0.15, 0.2) is 5.78 Å². The van der Waals surface area contributed by atoms with Crippen molar-refractivity contribution in [3.8, 4) is 0 Å². The number of carbonyl (C=O) groups excluding carboxylic acids is 1. The van der Waals surface area contributed by atoms with Crippen molar-refractivity contribution in [3.05, 3.63) is 35.4 Å². The number of aryl methyl sites for hydroxylation is 1. The Labute approximate surface area is 123 Å². The van der Waals surface area contributed by atoms with Crippen molar-refractivity contribution in [3.63, 3.8) is 0 Å². The van der Waals surface area contributed by atoms with Crippen LogP contribution in [0.4, 0.5) is 0 Å². The summed E-state index contributed by atoms with van der Waals surface area (Å²) in [5, 5.41) is 0. The molecule has 3 heteroatoms. The van der Waals surface area contributed by atoms with Crippen LogP contribution >= 0.6 is 0 Å². The van der Waals surface area contributed by atoms with E-state index in [2.05, 4.69) is 37.7 Å². The fourth-order valence-electron chi connectivity index (χ4n) is 2.27. The number of likely N-dealkylation sites (N-methyl/N-ethyl adjacent to an activating group) is 1. The normalized spacial score (nSPS) is 11.6. The van der Waals surface area contributed by atoms with Crippen LogP contribution in [0.1, 0.15) is 29.8 Å². The zero-order valence-corrected chi connectivity index (χ0v) is 13.5.